The molecule has 3 heteroatoms. The Hall–Kier alpha value is -0.830. The highest BCUT2D eigenvalue weighted by Gasteiger charge is 2.31. The lowest BCUT2D eigenvalue weighted by molar-refractivity contribution is 0.0569. The minimum atomic E-state index is -0.215. The zero-order valence-electron chi connectivity index (χ0n) is 13.6. The second-order valence-corrected chi connectivity index (χ2v) is 8.00. The van der Waals surface area contributed by atoms with Gasteiger partial charge >= 0.3 is 0 Å². The van der Waals surface area contributed by atoms with Crippen LogP contribution in [0.15, 0.2) is 12.3 Å². The van der Waals surface area contributed by atoms with E-state index in [2.05, 4.69) is 30.8 Å². The summed E-state index contributed by atoms with van der Waals surface area (Å²) < 4.78 is 2.14. The van der Waals surface area contributed by atoms with E-state index in [9.17, 15) is 5.11 Å². The number of hydrogen-bond donors (Lipinski definition) is 1. The molecule has 1 aromatic heterocycles. The highest BCUT2D eigenvalue weighted by atomic mass is 16.3. The van der Waals surface area contributed by atoms with Gasteiger partial charge in [-0.25, -0.2) is 0 Å². The SMILES string of the molecule is CC1(C)CCC(C(O)Cc2ccn(C3CCCC3)n2)CC1. The van der Waals surface area contributed by atoms with Crippen molar-refractivity contribution in [3.63, 3.8) is 0 Å². The molecule has 1 aromatic rings. The molecule has 0 saturated heterocycles. The Balaban J connectivity index is 1.54. The zero-order chi connectivity index (χ0) is 14.9. The summed E-state index contributed by atoms with van der Waals surface area (Å²) in [6.45, 7) is 4.69. The fraction of sp³-hybridized carbons (Fsp3) is 0.833. The molecule has 0 spiro atoms. The minimum absolute atomic E-state index is 0.215. The Kier molecular flexibility index (Phi) is 4.39. The van der Waals surface area contributed by atoms with Crippen LogP contribution in [0.1, 0.15) is 76.9 Å². The Morgan fingerprint density at radius 2 is 1.90 bits per heavy atom. The van der Waals surface area contributed by atoms with Crippen LogP contribution in [0.25, 0.3) is 0 Å². The molecule has 2 aliphatic carbocycles. The van der Waals surface area contributed by atoms with Gasteiger partial charge in [-0.2, -0.15) is 5.10 Å². The van der Waals surface area contributed by atoms with E-state index < -0.39 is 0 Å². The molecule has 0 bridgehead atoms. The van der Waals surface area contributed by atoms with Gasteiger partial charge in [0.05, 0.1) is 17.8 Å². The lowest BCUT2D eigenvalue weighted by Gasteiger charge is -2.36. The highest BCUT2D eigenvalue weighted by molar-refractivity contribution is 5.03. The monoisotopic (exact) mass is 290 g/mol. The topological polar surface area (TPSA) is 38.0 Å². The number of aliphatic hydroxyl groups is 1. The minimum Gasteiger partial charge on any atom is -0.392 e. The van der Waals surface area contributed by atoms with Crippen molar-refractivity contribution >= 4 is 0 Å². The van der Waals surface area contributed by atoms with Gasteiger partial charge in [-0.3, -0.25) is 4.68 Å². The maximum atomic E-state index is 10.5. The largest absolute Gasteiger partial charge is 0.392 e. The summed E-state index contributed by atoms with van der Waals surface area (Å²) in [6, 6.07) is 2.71. The van der Waals surface area contributed by atoms with Crippen LogP contribution in [0.5, 0.6) is 0 Å². The molecule has 2 aliphatic rings. The number of aliphatic hydroxyl groups excluding tert-OH is 1. The predicted octanol–water partition coefficient (Wildman–Crippen LogP) is 4.12. The first-order valence-corrected chi connectivity index (χ1v) is 8.76. The Morgan fingerprint density at radius 1 is 1.24 bits per heavy atom. The van der Waals surface area contributed by atoms with Gasteiger partial charge in [0.2, 0.25) is 0 Å². The van der Waals surface area contributed by atoms with E-state index in [1.807, 2.05) is 0 Å². The van der Waals surface area contributed by atoms with Crippen molar-refractivity contribution in [3.05, 3.63) is 18.0 Å². The van der Waals surface area contributed by atoms with E-state index in [0.29, 0.717) is 17.4 Å². The van der Waals surface area contributed by atoms with Crippen LogP contribution in [0.2, 0.25) is 0 Å². The van der Waals surface area contributed by atoms with Gasteiger partial charge in [0.1, 0.15) is 0 Å². The van der Waals surface area contributed by atoms with Gasteiger partial charge in [-0.05, 0) is 55.9 Å². The van der Waals surface area contributed by atoms with Crippen LogP contribution < -0.4 is 0 Å². The van der Waals surface area contributed by atoms with Gasteiger partial charge in [0, 0.05) is 12.6 Å². The average molecular weight is 290 g/mol. The molecule has 118 valence electrons. The van der Waals surface area contributed by atoms with Gasteiger partial charge in [0.25, 0.3) is 0 Å². The van der Waals surface area contributed by atoms with Crippen molar-refractivity contribution in [2.24, 2.45) is 11.3 Å². The lowest BCUT2D eigenvalue weighted by Crippen LogP contribution is -2.30. The Labute approximate surface area is 128 Å². The molecule has 0 aliphatic heterocycles. The molecule has 0 radical (unpaired) electrons. The second-order valence-electron chi connectivity index (χ2n) is 8.00. The van der Waals surface area contributed by atoms with Gasteiger partial charge < -0.3 is 5.11 Å². The number of aromatic nitrogens is 2. The third-order valence-corrected chi connectivity index (χ3v) is 5.71. The Morgan fingerprint density at radius 3 is 2.57 bits per heavy atom. The molecule has 3 rings (SSSR count). The summed E-state index contributed by atoms with van der Waals surface area (Å²) in [5.41, 5.74) is 1.54. The van der Waals surface area contributed by atoms with E-state index >= 15 is 0 Å². The van der Waals surface area contributed by atoms with Crippen molar-refractivity contribution in [1.29, 1.82) is 0 Å². The van der Waals surface area contributed by atoms with Crippen LogP contribution in [0, 0.1) is 11.3 Å². The van der Waals surface area contributed by atoms with Crippen molar-refractivity contribution in [2.45, 2.75) is 83.8 Å². The van der Waals surface area contributed by atoms with Crippen LogP contribution in [-0.2, 0) is 6.42 Å². The van der Waals surface area contributed by atoms with Gasteiger partial charge in [0.15, 0.2) is 0 Å². The highest BCUT2D eigenvalue weighted by Crippen LogP contribution is 2.39. The molecule has 1 heterocycles. The molecule has 3 nitrogen and oxygen atoms in total. The number of nitrogens with zero attached hydrogens (tertiary/aromatic N) is 2. The van der Waals surface area contributed by atoms with E-state index in [1.165, 1.54) is 38.5 Å². The van der Waals surface area contributed by atoms with Crippen LogP contribution >= 0.6 is 0 Å². The van der Waals surface area contributed by atoms with Crippen LogP contribution in [-0.4, -0.2) is 21.0 Å². The smallest absolute Gasteiger partial charge is 0.0650 e. The fourth-order valence-electron chi connectivity index (χ4n) is 4.05. The molecule has 1 unspecified atom stereocenters. The molecule has 0 aromatic carbocycles. The summed E-state index contributed by atoms with van der Waals surface area (Å²) in [7, 11) is 0. The normalized spacial score (nSPS) is 25.3. The molecule has 1 atom stereocenters. The first kappa shape index (κ1) is 15.1. The van der Waals surface area contributed by atoms with Gasteiger partial charge in [-0.15, -0.1) is 0 Å². The molecule has 21 heavy (non-hydrogen) atoms. The molecular weight excluding hydrogens is 260 g/mol. The van der Waals surface area contributed by atoms with Crippen molar-refractivity contribution < 1.29 is 5.11 Å². The zero-order valence-corrected chi connectivity index (χ0v) is 13.6. The predicted molar refractivity (Wildman–Crippen MR) is 85.2 cm³/mol. The van der Waals surface area contributed by atoms with Crippen molar-refractivity contribution in [1.82, 2.24) is 9.78 Å². The summed E-state index contributed by atoms with van der Waals surface area (Å²) in [6.07, 6.45) is 12.6. The molecule has 2 saturated carbocycles. The first-order chi connectivity index (χ1) is 10.0. The van der Waals surface area contributed by atoms with E-state index in [-0.39, 0.29) is 6.10 Å². The summed E-state index contributed by atoms with van der Waals surface area (Å²) in [5.74, 6) is 0.467. The number of hydrogen-bond acceptors (Lipinski definition) is 2. The summed E-state index contributed by atoms with van der Waals surface area (Å²) in [4.78, 5) is 0. The summed E-state index contributed by atoms with van der Waals surface area (Å²) >= 11 is 0. The summed E-state index contributed by atoms with van der Waals surface area (Å²) in [5, 5.41) is 15.2. The maximum absolute atomic E-state index is 10.5. The Bertz CT molecular complexity index is 450. The standard InChI is InChI=1S/C18H30N2O/c1-18(2)10-7-14(8-11-18)17(21)13-15-9-12-20(19-15)16-5-3-4-6-16/h9,12,14,16-17,21H,3-8,10-11,13H2,1-2H3. The quantitative estimate of drug-likeness (QED) is 0.906. The number of rotatable bonds is 4. The maximum Gasteiger partial charge on any atom is 0.0650 e. The van der Waals surface area contributed by atoms with E-state index in [1.54, 1.807) is 0 Å². The van der Waals surface area contributed by atoms with E-state index in [4.69, 9.17) is 5.10 Å². The van der Waals surface area contributed by atoms with Crippen molar-refractivity contribution in [3.8, 4) is 0 Å². The third kappa shape index (κ3) is 3.68. The second kappa shape index (κ2) is 6.12. The molecule has 2 fully saturated rings. The average Bonchev–Trinajstić information content (AvgIpc) is 3.08. The fourth-order valence-corrected chi connectivity index (χ4v) is 4.05. The van der Waals surface area contributed by atoms with Crippen LogP contribution in [0.3, 0.4) is 0 Å². The van der Waals surface area contributed by atoms with Crippen LogP contribution in [0.4, 0.5) is 0 Å². The third-order valence-electron chi connectivity index (χ3n) is 5.71. The first-order valence-electron chi connectivity index (χ1n) is 8.76. The van der Waals surface area contributed by atoms with Gasteiger partial charge in [-0.1, -0.05) is 26.7 Å². The van der Waals surface area contributed by atoms with E-state index in [0.717, 1.165) is 25.0 Å². The molecule has 1 N–H and O–H groups in total. The molecular formula is C18H30N2O. The van der Waals surface area contributed by atoms with Crippen molar-refractivity contribution in [2.75, 3.05) is 0 Å². The molecule has 0 amide bonds. The lowest BCUT2D eigenvalue weighted by atomic mass is 9.71.